The molecule has 0 aromatic carbocycles. The molecule has 4 heteroatoms. The van der Waals surface area contributed by atoms with Gasteiger partial charge in [-0.1, -0.05) is 6.92 Å². The summed E-state index contributed by atoms with van der Waals surface area (Å²) < 4.78 is 0. The van der Waals surface area contributed by atoms with E-state index in [4.69, 9.17) is 5.11 Å². The van der Waals surface area contributed by atoms with E-state index in [1.807, 2.05) is 0 Å². The number of pyridine rings is 1. The molecule has 1 aromatic rings. The molecular formula is C9H11NO2S. The summed E-state index contributed by atoms with van der Waals surface area (Å²) in [5.74, 6) is -0.0365. The summed E-state index contributed by atoms with van der Waals surface area (Å²) in [4.78, 5) is 15.3. The summed E-state index contributed by atoms with van der Waals surface area (Å²) in [5, 5.41) is 8.79. The van der Waals surface area contributed by atoms with Crippen LogP contribution in [0.2, 0.25) is 0 Å². The smallest absolute Gasteiger partial charge is 0.355 e. The van der Waals surface area contributed by atoms with Crippen molar-refractivity contribution in [3.05, 3.63) is 24.0 Å². The molecule has 0 atom stereocenters. The molecule has 13 heavy (non-hydrogen) atoms. The van der Waals surface area contributed by atoms with E-state index in [0.29, 0.717) is 0 Å². The molecular weight excluding hydrogens is 186 g/mol. The lowest BCUT2D eigenvalue weighted by Gasteiger charge is -2.02. The van der Waals surface area contributed by atoms with Crippen molar-refractivity contribution in [2.24, 2.45) is 0 Å². The van der Waals surface area contributed by atoms with Crippen molar-refractivity contribution in [2.45, 2.75) is 18.2 Å². The van der Waals surface area contributed by atoms with Gasteiger partial charge in [-0.15, -0.1) is 11.8 Å². The molecule has 1 aromatic heterocycles. The second kappa shape index (κ2) is 4.87. The molecule has 0 saturated carbocycles. The van der Waals surface area contributed by atoms with E-state index in [1.165, 1.54) is 18.0 Å². The van der Waals surface area contributed by atoms with Crippen LogP contribution in [0, 0.1) is 0 Å². The third kappa shape index (κ3) is 2.73. The fraction of sp³-hybridized carbons (Fsp3) is 0.333. The molecule has 0 saturated heterocycles. The van der Waals surface area contributed by atoms with Crippen LogP contribution in [-0.4, -0.2) is 21.8 Å². The van der Waals surface area contributed by atoms with E-state index < -0.39 is 5.97 Å². The summed E-state index contributed by atoms with van der Waals surface area (Å²) in [7, 11) is 0. The maximum atomic E-state index is 10.7. The van der Waals surface area contributed by atoms with Gasteiger partial charge in [-0.2, -0.15) is 0 Å². The minimum atomic E-state index is -0.959. The second-order valence-electron chi connectivity index (χ2n) is 2.50. The van der Waals surface area contributed by atoms with Gasteiger partial charge >= 0.3 is 5.97 Å². The van der Waals surface area contributed by atoms with Crippen LogP contribution in [0.5, 0.6) is 0 Å². The largest absolute Gasteiger partial charge is 0.476 e. The number of hydrogen-bond acceptors (Lipinski definition) is 3. The molecule has 0 spiro atoms. The highest BCUT2D eigenvalue weighted by Crippen LogP contribution is 2.21. The Morgan fingerprint density at radius 3 is 3.08 bits per heavy atom. The molecule has 70 valence electrons. The standard InChI is InChI=1S/C9H11NO2S/c1-2-6-13-7-4-3-5-10-8(7)9(11)12/h3-5H,2,6H2,1H3,(H,11,12). The topological polar surface area (TPSA) is 50.2 Å². The lowest BCUT2D eigenvalue weighted by molar-refractivity contribution is 0.0686. The van der Waals surface area contributed by atoms with Gasteiger partial charge < -0.3 is 5.11 Å². The molecule has 1 N–H and O–H groups in total. The van der Waals surface area contributed by atoms with E-state index in [1.54, 1.807) is 12.1 Å². The van der Waals surface area contributed by atoms with Crippen LogP contribution in [0.15, 0.2) is 23.2 Å². The third-order valence-electron chi connectivity index (χ3n) is 1.43. The highest BCUT2D eigenvalue weighted by atomic mass is 32.2. The summed E-state index contributed by atoms with van der Waals surface area (Å²) in [6.45, 7) is 2.06. The van der Waals surface area contributed by atoms with Crippen molar-refractivity contribution in [3.8, 4) is 0 Å². The SMILES string of the molecule is CCCSc1cccnc1C(=O)O. The average molecular weight is 197 g/mol. The highest BCUT2D eigenvalue weighted by molar-refractivity contribution is 7.99. The minimum absolute atomic E-state index is 0.154. The Hall–Kier alpha value is -1.03. The van der Waals surface area contributed by atoms with Crippen LogP contribution in [0.3, 0.4) is 0 Å². The summed E-state index contributed by atoms with van der Waals surface area (Å²) in [6.07, 6.45) is 2.53. The summed E-state index contributed by atoms with van der Waals surface area (Å²) in [6, 6.07) is 3.54. The monoisotopic (exact) mass is 197 g/mol. The van der Waals surface area contributed by atoms with Gasteiger partial charge in [0.15, 0.2) is 5.69 Å². The van der Waals surface area contributed by atoms with Gasteiger partial charge in [0, 0.05) is 11.1 Å². The lowest BCUT2D eigenvalue weighted by atomic mass is 10.3. The predicted molar refractivity (Wildman–Crippen MR) is 52.2 cm³/mol. The molecule has 0 aliphatic rings. The Morgan fingerprint density at radius 1 is 1.69 bits per heavy atom. The molecule has 0 fully saturated rings. The van der Waals surface area contributed by atoms with Crippen LogP contribution in [0.25, 0.3) is 0 Å². The van der Waals surface area contributed by atoms with Crippen molar-refractivity contribution in [2.75, 3.05) is 5.75 Å². The Morgan fingerprint density at radius 2 is 2.46 bits per heavy atom. The Bertz CT molecular complexity index is 301. The average Bonchev–Trinajstić information content (AvgIpc) is 2.15. The summed E-state index contributed by atoms with van der Waals surface area (Å²) >= 11 is 1.53. The quantitative estimate of drug-likeness (QED) is 0.752. The van der Waals surface area contributed by atoms with Gasteiger partial charge in [0.05, 0.1) is 0 Å². The number of carboxylic acid groups (broad SMARTS) is 1. The fourth-order valence-corrected chi connectivity index (χ4v) is 1.76. The Labute approximate surface area is 81.2 Å². The zero-order valence-electron chi connectivity index (χ0n) is 7.36. The first-order chi connectivity index (χ1) is 6.25. The molecule has 0 bridgehead atoms. The van der Waals surface area contributed by atoms with E-state index >= 15 is 0 Å². The van der Waals surface area contributed by atoms with Gasteiger partial charge in [0.1, 0.15) is 0 Å². The fourth-order valence-electron chi connectivity index (χ4n) is 0.880. The van der Waals surface area contributed by atoms with Gasteiger partial charge in [0.25, 0.3) is 0 Å². The number of carbonyl (C=O) groups is 1. The Kier molecular flexibility index (Phi) is 3.76. The molecule has 0 radical (unpaired) electrons. The van der Waals surface area contributed by atoms with Crippen LogP contribution in [0.1, 0.15) is 23.8 Å². The maximum Gasteiger partial charge on any atom is 0.355 e. The Balaban J connectivity index is 2.84. The number of carboxylic acids is 1. The van der Waals surface area contributed by atoms with Crippen molar-refractivity contribution in [1.29, 1.82) is 0 Å². The molecule has 1 rings (SSSR count). The van der Waals surface area contributed by atoms with E-state index in [2.05, 4.69) is 11.9 Å². The first kappa shape index (κ1) is 10.1. The van der Waals surface area contributed by atoms with Gasteiger partial charge in [-0.25, -0.2) is 9.78 Å². The number of aromatic carboxylic acids is 1. The highest BCUT2D eigenvalue weighted by Gasteiger charge is 2.10. The maximum absolute atomic E-state index is 10.7. The number of rotatable bonds is 4. The number of nitrogens with zero attached hydrogens (tertiary/aromatic N) is 1. The van der Waals surface area contributed by atoms with Crippen molar-refractivity contribution >= 4 is 17.7 Å². The van der Waals surface area contributed by atoms with Crippen LogP contribution >= 0.6 is 11.8 Å². The first-order valence-corrected chi connectivity index (χ1v) is 5.05. The van der Waals surface area contributed by atoms with Crippen LogP contribution in [0.4, 0.5) is 0 Å². The van der Waals surface area contributed by atoms with Crippen molar-refractivity contribution in [3.63, 3.8) is 0 Å². The van der Waals surface area contributed by atoms with E-state index in [-0.39, 0.29) is 5.69 Å². The van der Waals surface area contributed by atoms with Gasteiger partial charge in [-0.05, 0) is 24.3 Å². The number of thioether (sulfide) groups is 1. The van der Waals surface area contributed by atoms with Crippen LogP contribution in [-0.2, 0) is 0 Å². The van der Waals surface area contributed by atoms with Crippen molar-refractivity contribution in [1.82, 2.24) is 4.98 Å². The van der Waals surface area contributed by atoms with Crippen molar-refractivity contribution < 1.29 is 9.90 Å². The van der Waals surface area contributed by atoms with E-state index in [0.717, 1.165) is 17.1 Å². The molecule has 0 amide bonds. The van der Waals surface area contributed by atoms with Gasteiger partial charge in [0.2, 0.25) is 0 Å². The molecule has 3 nitrogen and oxygen atoms in total. The minimum Gasteiger partial charge on any atom is -0.476 e. The van der Waals surface area contributed by atoms with Gasteiger partial charge in [-0.3, -0.25) is 0 Å². The summed E-state index contributed by atoms with van der Waals surface area (Å²) in [5.41, 5.74) is 0.154. The normalized spacial score (nSPS) is 9.92. The second-order valence-corrected chi connectivity index (χ2v) is 3.64. The molecule has 1 heterocycles. The molecule has 0 aliphatic heterocycles. The number of aromatic nitrogens is 1. The van der Waals surface area contributed by atoms with E-state index in [9.17, 15) is 4.79 Å². The molecule has 0 unspecified atom stereocenters. The lowest BCUT2D eigenvalue weighted by Crippen LogP contribution is -2.01. The first-order valence-electron chi connectivity index (χ1n) is 4.06. The molecule has 0 aliphatic carbocycles. The van der Waals surface area contributed by atoms with Crippen LogP contribution < -0.4 is 0 Å². The third-order valence-corrected chi connectivity index (χ3v) is 2.69. The zero-order valence-corrected chi connectivity index (χ0v) is 8.17. The number of hydrogen-bond donors (Lipinski definition) is 1. The zero-order chi connectivity index (χ0) is 9.68. The predicted octanol–water partition coefficient (Wildman–Crippen LogP) is 2.28.